The minimum absolute atomic E-state index is 0.304. The number of likely N-dealkylation sites (N-methyl/N-ethyl adjacent to an activating group) is 1. The Morgan fingerprint density at radius 1 is 1.55 bits per heavy atom. The summed E-state index contributed by atoms with van der Waals surface area (Å²) in [5, 5.41) is 0. The molecule has 1 amide bonds. The van der Waals surface area contributed by atoms with Gasteiger partial charge >= 0.3 is 0 Å². The lowest BCUT2D eigenvalue weighted by atomic mass is 10.2. The van der Waals surface area contributed by atoms with Gasteiger partial charge in [-0.3, -0.25) is 20.0 Å². The highest BCUT2D eigenvalue weighted by atomic mass is 16.3. The van der Waals surface area contributed by atoms with Gasteiger partial charge in [0.1, 0.15) is 11.5 Å². The molecule has 1 aliphatic rings. The molecule has 0 spiro atoms. The molecule has 1 fully saturated rings. The molecule has 112 valence electrons. The maximum absolute atomic E-state index is 11.6. The van der Waals surface area contributed by atoms with Crippen LogP contribution in [0.1, 0.15) is 35.7 Å². The highest BCUT2D eigenvalue weighted by molar-refractivity contribution is 5.94. The Kier molecular flexibility index (Phi) is 4.80. The van der Waals surface area contributed by atoms with E-state index in [4.69, 9.17) is 10.3 Å². The summed E-state index contributed by atoms with van der Waals surface area (Å²) in [5.74, 6) is 6.29. The molecule has 1 saturated heterocycles. The Hall–Kier alpha value is -1.37. The number of amides is 1. The molecule has 6 heteroatoms. The number of aryl methyl sites for hydroxylation is 1. The van der Waals surface area contributed by atoms with E-state index in [1.807, 2.05) is 0 Å². The van der Waals surface area contributed by atoms with Gasteiger partial charge in [0, 0.05) is 25.7 Å². The molecule has 2 rings (SSSR count). The number of nitrogens with two attached hydrogens (primary N) is 1. The van der Waals surface area contributed by atoms with Gasteiger partial charge in [-0.15, -0.1) is 0 Å². The van der Waals surface area contributed by atoms with Crippen LogP contribution in [0, 0.1) is 6.92 Å². The Morgan fingerprint density at radius 2 is 2.30 bits per heavy atom. The summed E-state index contributed by atoms with van der Waals surface area (Å²) >= 11 is 0. The fourth-order valence-corrected chi connectivity index (χ4v) is 2.83. The number of hydrazine groups is 1. The van der Waals surface area contributed by atoms with E-state index in [9.17, 15) is 4.79 Å². The van der Waals surface area contributed by atoms with Crippen molar-refractivity contribution in [1.29, 1.82) is 0 Å². The molecule has 2 heterocycles. The molecule has 1 unspecified atom stereocenters. The molecule has 3 N–H and O–H groups in total. The van der Waals surface area contributed by atoms with Gasteiger partial charge in [-0.1, -0.05) is 6.92 Å². The average molecular weight is 280 g/mol. The lowest BCUT2D eigenvalue weighted by Gasteiger charge is -2.38. The predicted molar refractivity (Wildman–Crippen MR) is 77.1 cm³/mol. The van der Waals surface area contributed by atoms with Crippen molar-refractivity contribution in [2.75, 3.05) is 26.2 Å². The lowest BCUT2D eigenvalue weighted by Crippen LogP contribution is -2.51. The van der Waals surface area contributed by atoms with Crippen molar-refractivity contribution in [3.8, 4) is 0 Å². The summed E-state index contributed by atoms with van der Waals surface area (Å²) in [6.45, 7) is 11.2. The number of carbonyl (C=O) groups excluding carboxylic acids is 1. The highest BCUT2D eigenvalue weighted by Gasteiger charge is 2.23. The van der Waals surface area contributed by atoms with Crippen LogP contribution in [0.5, 0.6) is 0 Å². The molecular formula is C14H24N4O2. The monoisotopic (exact) mass is 280 g/mol. The highest BCUT2D eigenvalue weighted by Crippen LogP contribution is 2.18. The number of hydrogen-bond acceptors (Lipinski definition) is 5. The van der Waals surface area contributed by atoms with E-state index in [-0.39, 0.29) is 5.91 Å². The Bertz CT molecular complexity index is 472. The van der Waals surface area contributed by atoms with Crippen LogP contribution < -0.4 is 11.3 Å². The third-order valence-electron chi connectivity index (χ3n) is 3.98. The third kappa shape index (κ3) is 3.20. The van der Waals surface area contributed by atoms with E-state index in [0.29, 0.717) is 17.4 Å². The zero-order chi connectivity index (χ0) is 14.7. The number of furan rings is 1. The molecular weight excluding hydrogens is 256 g/mol. The molecule has 1 aromatic rings. The van der Waals surface area contributed by atoms with Crippen LogP contribution >= 0.6 is 0 Å². The van der Waals surface area contributed by atoms with Gasteiger partial charge in [0.15, 0.2) is 0 Å². The normalized spacial score (nSPS) is 21.1. The Morgan fingerprint density at radius 3 is 2.90 bits per heavy atom. The van der Waals surface area contributed by atoms with Crippen molar-refractivity contribution in [1.82, 2.24) is 15.2 Å². The average Bonchev–Trinajstić information content (AvgIpc) is 2.79. The van der Waals surface area contributed by atoms with E-state index in [1.54, 1.807) is 13.0 Å². The zero-order valence-electron chi connectivity index (χ0n) is 12.5. The second kappa shape index (κ2) is 6.39. The van der Waals surface area contributed by atoms with E-state index in [0.717, 1.165) is 38.5 Å². The van der Waals surface area contributed by atoms with E-state index < -0.39 is 0 Å². The zero-order valence-corrected chi connectivity index (χ0v) is 12.5. The predicted octanol–water partition coefficient (Wildman–Crippen LogP) is 0.718. The number of carbonyl (C=O) groups is 1. The van der Waals surface area contributed by atoms with Crippen molar-refractivity contribution >= 4 is 5.91 Å². The number of piperazine rings is 1. The number of nitrogens with zero attached hydrogens (tertiary/aromatic N) is 2. The van der Waals surface area contributed by atoms with Crippen molar-refractivity contribution in [2.24, 2.45) is 5.84 Å². The fourth-order valence-electron chi connectivity index (χ4n) is 2.83. The van der Waals surface area contributed by atoms with Crippen molar-refractivity contribution in [2.45, 2.75) is 33.4 Å². The van der Waals surface area contributed by atoms with E-state index in [1.165, 1.54) is 0 Å². The molecule has 0 aliphatic carbocycles. The number of rotatable bonds is 4. The van der Waals surface area contributed by atoms with Gasteiger partial charge < -0.3 is 4.42 Å². The molecule has 0 aromatic carbocycles. The van der Waals surface area contributed by atoms with Crippen molar-refractivity contribution < 1.29 is 9.21 Å². The summed E-state index contributed by atoms with van der Waals surface area (Å²) in [6, 6.07) is 2.34. The number of nitrogen functional groups attached to an aromatic ring is 1. The van der Waals surface area contributed by atoms with Crippen molar-refractivity contribution in [3.63, 3.8) is 0 Å². The number of hydrogen-bond donors (Lipinski definition) is 2. The maximum atomic E-state index is 11.6. The molecule has 1 atom stereocenters. The van der Waals surface area contributed by atoms with Crippen molar-refractivity contribution in [3.05, 3.63) is 23.2 Å². The summed E-state index contributed by atoms with van der Waals surface area (Å²) in [6.07, 6.45) is 0. The molecule has 0 radical (unpaired) electrons. The van der Waals surface area contributed by atoms with Crippen LogP contribution in [0.15, 0.2) is 10.5 Å². The summed E-state index contributed by atoms with van der Waals surface area (Å²) in [7, 11) is 0. The molecule has 0 bridgehead atoms. The van der Waals surface area contributed by atoms with Crippen LogP contribution in [-0.2, 0) is 6.54 Å². The van der Waals surface area contributed by atoms with E-state index >= 15 is 0 Å². The molecule has 0 saturated carbocycles. The second-order valence-electron chi connectivity index (χ2n) is 5.37. The number of nitrogens with one attached hydrogen (secondary N) is 1. The fraction of sp³-hybridized carbons (Fsp3) is 0.643. The minimum Gasteiger partial charge on any atom is -0.464 e. The molecule has 20 heavy (non-hydrogen) atoms. The first-order valence-corrected chi connectivity index (χ1v) is 7.11. The molecule has 1 aliphatic heterocycles. The van der Waals surface area contributed by atoms with Gasteiger partial charge in [-0.05, 0) is 26.5 Å². The van der Waals surface area contributed by atoms with Gasteiger partial charge in [-0.2, -0.15) is 0 Å². The largest absolute Gasteiger partial charge is 0.464 e. The van der Waals surface area contributed by atoms with Crippen LogP contribution in [0.3, 0.4) is 0 Å². The van der Waals surface area contributed by atoms with Crippen LogP contribution in [0.4, 0.5) is 0 Å². The van der Waals surface area contributed by atoms with Gasteiger partial charge in [0.25, 0.3) is 5.91 Å². The SMILES string of the molecule is CCN1CCN(Cc2cc(C(=O)NN)c(C)o2)CC1C. The maximum Gasteiger partial charge on any atom is 0.268 e. The quantitative estimate of drug-likeness (QED) is 0.483. The lowest BCUT2D eigenvalue weighted by molar-refractivity contribution is 0.0788. The van der Waals surface area contributed by atoms with E-state index in [2.05, 4.69) is 29.1 Å². The molecule has 6 nitrogen and oxygen atoms in total. The van der Waals surface area contributed by atoms with Crippen LogP contribution in [0.25, 0.3) is 0 Å². The van der Waals surface area contributed by atoms with Crippen LogP contribution in [-0.4, -0.2) is 47.9 Å². The standard InChI is InChI=1S/C14H24N4O2/c1-4-18-6-5-17(8-10(18)2)9-12-7-13(11(3)20-12)14(19)16-15/h7,10H,4-6,8-9,15H2,1-3H3,(H,16,19). The first-order valence-electron chi connectivity index (χ1n) is 7.11. The summed E-state index contributed by atoms with van der Waals surface area (Å²) < 4.78 is 5.66. The van der Waals surface area contributed by atoms with Gasteiger partial charge in [0.05, 0.1) is 12.1 Å². The van der Waals surface area contributed by atoms with Gasteiger partial charge in [-0.25, -0.2) is 5.84 Å². The molecule has 1 aromatic heterocycles. The first kappa shape index (κ1) is 15.0. The van der Waals surface area contributed by atoms with Crippen LogP contribution in [0.2, 0.25) is 0 Å². The summed E-state index contributed by atoms with van der Waals surface area (Å²) in [4.78, 5) is 16.4. The second-order valence-corrected chi connectivity index (χ2v) is 5.37. The minimum atomic E-state index is -0.304. The third-order valence-corrected chi connectivity index (χ3v) is 3.98. The Balaban J connectivity index is 1.99. The Labute approximate surface area is 119 Å². The summed E-state index contributed by atoms with van der Waals surface area (Å²) in [5.41, 5.74) is 2.66. The first-order chi connectivity index (χ1) is 9.55. The van der Waals surface area contributed by atoms with Gasteiger partial charge in [0.2, 0.25) is 0 Å². The topological polar surface area (TPSA) is 74.7 Å². The smallest absolute Gasteiger partial charge is 0.268 e.